The van der Waals surface area contributed by atoms with E-state index in [1.807, 2.05) is 0 Å². The molecule has 2 fully saturated rings. The molecule has 0 bridgehead atoms. The van der Waals surface area contributed by atoms with Crippen LogP contribution >= 0.6 is 0 Å². The van der Waals surface area contributed by atoms with E-state index in [0.717, 1.165) is 38.6 Å². The summed E-state index contributed by atoms with van der Waals surface area (Å²) in [6.45, 7) is 17.8. The van der Waals surface area contributed by atoms with E-state index in [1.165, 1.54) is 26.2 Å². The summed E-state index contributed by atoms with van der Waals surface area (Å²) in [7, 11) is 0. The molecule has 0 aromatic rings. The highest BCUT2D eigenvalue weighted by Crippen LogP contribution is 2.33. The van der Waals surface area contributed by atoms with Gasteiger partial charge in [0, 0.05) is 58.9 Å². The molecule has 0 atom stereocenters. The Labute approximate surface area is 118 Å². The molecule has 0 unspecified atom stereocenters. The summed E-state index contributed by atoms with van der Waals surface area (Å²) < 4.78 is 0. The minimum atomic E-state index is 0.294. The van der Waals surface area contributed by atoms with Crippen LogP contribution in [0.15, 0.2) is 0 Å². The first-order valence-electron chi connectivity index (χ1n) is 7.77. The van der Waals surface area contributed by atoms with Gasteiger partial charge in [0.25, 0.3) is 0 Å². The summed E-state index contributed by atoms with van der Waals surface area (Å²) in [5.74, 6) is 0.883. The van der Waals surface area contributed by atoms with Crippen molar-refractivity contribution < 1.29 is 5.11 Å². The Balaban J connectivity index is 1.56. The third-order valence-corrected chi connectivity index (χ3v) is 4.80. The summed E-state index contributed by atoms with van der Waals surface area (Å²) in [6.07, 6.45) is 0. The number of rotatable bonds is 5. The van der Waals surface area contributed by atoms with Crippen LogP contribution in [-0.4, -0.2) is 85.3 Å². The Morgan fingerprint density at radius 2 is 1.32 bits per heavy atom. The molecule has 2 rings (SSSR count). The lowest BCUT2D eigenvalue weighted by Gasteiger charge is -2.47. The molecule has 112 valence electrons. The molecule has 2 heterocycles. The van der Waals surface area contributed by atoms with Gasteiger partial charge in [0.1, 0.15) is 0 Å². The number of nitrogens with zero attached hydrogens (tertiary/aromatic N) is 3. The zero-order valence-electron chi connectivity index (χ0n) is 12.9. The Kier molecular flexibility index (Phi) is 5.23. The van der Waals surface area contributed by atoms with Crippen molar-refractivity contribution in [1.29, 1.82) is 0 Å². The van der Waals surface area contributed by atoms with E-state index in [-0.39, 0.29) is 0 Å². The second-order valence-electron chi connectivity index (χ2n) is 7.23. The molecule has 2 aliphatic heterocycles. The van der Waals surface area contributed by atoms with Gasteiger partial charge in [-0.15, -0.1) is 0 Å². The maximum atomic E-state index is 8.93. The molecule has 0 aliphatic carbocycles. The van der Waals surface area contributed by atoms with Crippen LogP contribution in [0.3, 0.4) is 0 Å². The van der Waals surface area contributed by atoms with Gasteiger partial charge in [-0.3, -0.25) is 9.80 Å². The molecule has 4 nitrogen and oxygen atoms in total. The molecule has 0 aromatic heterocycles. The van der Waals surface area contributed by atoms with Gasteiger partial charge in [-0.05, 0) is 11.3 Å². The highest BCUT2D eigenvalue weighted by molar-refractivity contribution is 4.88. The second kappa shape index (κ2) is 6.53. The van der Waals surface area contributed by atoms with Crippen molar-refractivity contribution in [3.63, 3.8) is 0 Å². The van der Waals surface area contributed by atoms with Crippen molar-refractivity contribution in [2.75, 3.05) is 65.5 Å². The second-order valence-corrected chi connectivity index (χ2v) is 7.23. The third kappa shape index (κ3) is 4.42. The Hall–Kier alpha value is -0.160. The van der Waals surface area contributed by atoms with Crippen LogP contribution in [0.25, 0.3) is 0 Å². The Bertz CT molecular complexity index is 263. The number of aliphatic hydroxyl groups is 1. The molecule has 0 saturated carbocycles. The minimum Gasteiger partial charge on any atom is -0.395 e. The smallest absolute Gasteiger partial charge is 0.0558 e. The lowest BCUT2D eigenvalue weighted by molar-refractivity contribution is 0.0138. The first kappa shape index (κ1) is 15.2. The fourth-order valence-electron chi connectivity index (χ4n) is 2.96. The molecule has 0 radical (unpaired) electrons. The predicted octanol–water partition coefficient (Wildman–Crippen LogP) is 0.574. The van der Waals surface area contributed by atoms with Gasteiger partial charge in [0.05, 0.1) is 6.61 Å². The molecule has 2 saturated heterocycles. The van der Waals surface area contributed by atoms with Crippen molar-refractivity contribution in [2.24, 2.45) is 11.3 Å². The molecule has 0 aromatic carbocycles. The molecule has 0 spiro atoms. The summed E-state index contributed by atoms with van der Waals surface area (Å²) in [4.78, 5) is 7.52. The Morgan fingerprint density at radius 3 is 1.79 bits per heavy atom. The average Bonchev–Trinajstić information content (AvgIpc) is 2.28. The fraction of sp³-hybridized carbons (Fsp3) is 1.00. The zero-order valence-corrected chi connectivity index (χ0v) is 12.9. The van der Waals surface area contributed by atoms with Crippen LogP contribution in [-0.2, 0) is 0 Å². The van der Waals surface area contributed by atoms with Crippen molar-refractivity contribution in [2.45, 2.75) is 20.8 Å². The average molecular weight is 269 g/mol. The number of β-amino-alcohol motifs (C(OH)–C–C–N with tert-alkyl or cyclic N) is 1. The SMILES string of the molecule is CC(C)(C)C1CN(CCN2CCN(CCO)CC2)C1. The monoisotopic (exact) mass is 269 g/mol. The first-order chi connectivity index (χ1) is 8.99. The summed E-state index contributed by atoms with van der Waals surface area (Å²) in [5.41, 5.74) is 0.479. The van der Waals surface area contributed by atoms with Gasteiger partial charge < -0.3 is 10.0 Å². The van der Waals surface area contributed by atoms with Crippen molar-refractivity contribution in [3.05, 3.63) is 0 Å². The Morgan fingerprint density at radius 1 is 0.842 bits per heavy atom. The van der Waals surface area contributed by atoms with E-state index in [0.29, 0.717) is 12.0 Å². The number of hydrogen-bond donors (Lipinski definition) is 1. The molecular weight excluding hydrogens is 238 g/mol. The highest BCUT2D eigenvalue weighted by Gasteiger charge is 2.35. The lowest BCUT2D eigenvalue weighted by Crippen LogP contribution is -2.55. The van der Waals surface area contributed by atoms with Gasteiger partial charge in [0.15, 0.2) is 0 Å². The van der Waals surface area contributed by atoms with Crippen LogP contribution in [0.2, 0.25) is 0 Å². The first-order valence-corrected chi connectivity index (χ1v) is 7.77. The third-order valence-electron chi connectivity index (χ3n) is 4.80. The quantitative estimate of drug-likeness (QED) is 0.790. The van der Waals surface area contributed by atoms with Crippen LogP contribution < -0.4 is 0 Å². The van der Waals surface area contributed by atoms with Gasteiger partial charge in [0.2, 0.25) is 0 Å². The maximum Gasteiger partial charge on any atom is 0.0558 e. The molecule has 1 N–H and O–H groups in total. The highest BCUT2D eigenvalue weighted by atomic mass is 16.3. The largest absolute Gasteiger partial charge is 0.395 e. The zero-order chi connectivity index (χ0) is 13.9. The van der Waals surface area contributed by atoms with Crippen molar-refractivity contribution >= 4 is 0 Å². The van der Waals surface area contributed by atoms with Crippen LogP contribution in [0.4, 0.5) is 0 Å². The van der Waals surface area contributed by atoms with Gasteiger partial charge in [-0.1, -0.05) is 20.8 Å². The van der Waals surface area contributed by atoms with Crippen molar-refractivity contribution in [3.8, 4) is 0 Å². The van der Waals surface area contributed by atoms with Crippen LogP contribution in [0, 0.1) is 11.3 Å². The minimum absolute atomic E-state index is 0.294. The molecule has 4 heteroatoms. The fourth-order valence-corrected chi connectivity index (χ4v) is 2.96. The summed E-state index contributed by atoms with van der Waals surface area (Å²) in [5, 5.41) is 8.93. The summed E-state index contributed by atoms with van der Waals surface area (Å²) >= 11 is 0. The van der Waals surface area contributed by atoms with Crippen LogP contribution in [0.5, 0.6) is 0 Å². The number of hydrogen-bond acceptors (Lipinski definition) is 4. The van der Waals surface area contributed by atoms with E-state index in [2.05, 4.69) is 35.5 Å². The molecule has 19 heavy (non-hydrogen) atoms. The van der Waals surface area contributed by atoms with Gasteiger partial charge in [-0.25, -0.2) is 0 Å². The van der Waals surface area contributed by atoms with Gasteiger partial charge in [-0.2, -0.15) is 0 Å². The summed E-state index contributed by atoms with van der Waals surface area (Å²) in [6, 6.07) is 0. The van der Waals surface area contributed by atoms with Crippen molar-refractivity contribution in [1.82, 2.24) is 14.7 Å². The number of aliphatic hydroxyl groups excluding tert-OH is 1. The van der Waals surface area contributed by atoms with E-state index in [4.69, 9.17) is 5.11 Å². The van der Waals surface area contributed by atoms with E-state index >= 15 is 0 Å². The normalized spacial score (nSPS) is 24.6. The molecular formula is C15H31N3O. The number of likely N-dealkylation sites (tertiary alicyclic amines) is 1. The topological polar surface area (TPSA) is 30.0 Å². The number of piperazine rings is 1. The standard InChI is InChI=1S/C15H31N3O/c1-15(2,3)14-12-18(13-14)9-8-16-4-6-17(7-5-16)10-11-19/h14,19H,4-13H2,1-3H3. The predicted molar refractivity (Wildman–Crippen MR) is 79.4 cm³/mol. The molecule has 2 aliphatic rings. The van der Waals surface area contributed by atoms with E-state index in [1.54, 1.807) is 0 Å². The van der Waals surface area contributed by atoms with Gasteiger partial charge >= 0.3 is 0 Å². The van der Waals surface area contributed by atoms with E-state index in [9.17, 15) is 0 Å². The molecule has 0 amide bonds. The van der Waals surface area contributed by atoms with E-state index < -0.39 is 0 Å². The maximum absolute atomic E-state index is 8.93. The van der Waals surface area contributed by atoms with Crippen LogP contribution in [0.1, 0.15) is 20.8 Å². The lowest BCUT2D eigenvalue weighted by atomic mass is 9.76.